The second-order valence-electron chi connectivity index (χ2n) is 7.33. The van der Waals surface area contributed by atoms with Gasteiger partial charge in [-0.2, -0.15) is 0 Å². The van der Waals surface area contributed by atoms with Crippen LogP contribution in [0.4, 0.5) is 5.13 Å². The van der Waals surface area contributed by atoms with Crippen LogP contribution in [0.1, 0.15) is 23.7 Å². The van der Waals surface area contributed by atoms with E-state index in [2.05, 4.69) is 11.8 Å². The first-order valence-corrected chi connectivity index (χ1v) is 12.7. The number of thioether (sulfide) groups is 1. The van der Waals surface area contributed by atoms with Crippen molar-refractivity contribution in [3.63, 3.8) is 0 Å². The smallest absolute Gasteiger partial charge is 0.260 e. The minimum absolute atomic E-state index is 0.00863. The molecular weight excluding hydrogens is 450 g/mol. The molecule has 0 bridgehead atoms. The Labute approximate surface area is 196 Å². The molecule has 3 aromatic rings. The molecule has 1 aliphatic rings. The average molecular weight is 476 g/mol. The number of hydrogen-bond donors (Lipinski definition) is 0. The van der Waals surface area contributed by atoms with Gasteiger partial charge in [-0.25, -0.2) is 4.98 Å². The number of ether oxygens (including phenoxy) is 1. The maximum atomic E-state index is 13.6. The molecule has 1 amide bonds. The monoisotopic (exact) mass is 475 g/mol. The molecule has 2 heterocycles. The van der Waals surface area contributed by atoms with E-state index < -0.39 is 0 Å². The molecule has 0 radical (unpaired) electrons. The number of anilines is 1. The fourth-order valence-electron chi connectivity index (χ4n) is 3.60. The van der Waals surface area contributed by atoms with E-state index in [1.807, 2.05) is 47.4 Å². The lowest BCUT2D eigenvalue weighted by molar-refractivity contribution is 0.0376. The van der Waals surface area contributed by atoms with Gasteiger partial charge < -0.3 is 4.74 Å². The van der Waals surface area contributed by atoms with Gasteiger partial charge >= 0.3 is 0 Å². The van der Waals surface area contributed by atoms with E-state index in [9.17, 15) is 4.79 Å². The second-order valence-corrected chi connectivity index (χ2v) is 10.1. The molecule has 0 spiro atoms. The number of benzene rings is 2. The van der Waals surface area contributed by atoms with Crippen LogP contribution in [0.25, 0.3) is 10.2 Å². The Balaban J connectivity index is 1.57. The maximum absolute atomic E-state index is 13.6. The highest BCUT2D eigenvalue weighted by Crippen LogP contribution is 2.32. The zero-order chi connectivity index (χ0) is 21.6. The van der Waals surface area contributed by atoms with Crippen LogP contribution < -0.4 is 4.90 Å². The van der Waals surface area contributed by atoms with Gasteiger partial charge in [0.15, 0.2) is 5.13 Å². The molecule has 1 aromatic heterocycles. The Bertz CT molecular complexity index is 1040. The molecule has 31 heavy (non-hydrogen) atoms. The van der Waals surface area contributed by atoms with Gasteiger partial charge in [-0.15, -0.1) is 11.8 Å². The fraction of sp³-hybridized carbons (Fsp3) is 0.391. The SMILES string of the molecule is CCSc1cccc(C(=O)N(CCCN2CCOCC2)c2nc3ccc(Cl)cc3s2)c1. The molecular formula is C23H26ClN3O2S2. The summed E-state index contributed by atoms with van der Waals surface area (Å²) in [5, 5.41) is 1.40. The Morgan fingerprint density at radius 3 is 2.90 bits per heavy atom. The van der Waals surface area contributed by atoms with Crippen LogP contribution in [0.5, 0.6) is 0 Å². The Morgan fingerprint density at radius 2 is 2.10 bits per heavy atom. The number of hydrogen-bond acceptors (Lipinski definition) is 6. The molecule has 0 saturated carbocycles. The minimum Gasteiger partial charge on any atom is -0.379 e. The molecule has 2 aromatic carbocycles. The summed E-state index contributed by atoms with van der Waals surface area (Å²) in [7, 11) is 0. The topological polar surface area (TPSA) is 45.7 Å². The van der Waals surface area contributed by atoms with Crippen LogP contribution in [0.15, 0.2) is 47.4 Å². The van der Waals surface area contributed by atoms with Crippen molar-refractivity contribution < 1.29 is 9.53 Å². The number of carbonyl (C=O) groups excluding carboxylic acids is 1. The molecule has 1 saturated heterocycles. The van der Waals surface area contributed by atoms with Gasteiger partial charge in [-0.3, -0.25) is 14.6 Å². The van der Waals surface area contributed by atoms with Gasteiger partial charge in [-0.05, 0) is 48.6 Å². The van der Waals surface area contributed by atoms with Crippen LogP contribution in [-0.4, -0.2) is 60.9 Å². The van der Waals surface area contributed by atoms with Crippen LogP contribution in [0.3, 0.4) is 0 Å². The molecule has 1 aliphatic heterocycles. The zero-order valence-corrected chi connectivity index (χ0v) is 19.9. The van der Waals surface area contributed by atoms with Crippen molar-refractivity contribution in [3.05, 3.63) is 53.1 Å². The number of rotatable bonds is 8. The van der Waals surface area contributed by atoms with Crippen molar-refractivity contribution >= 4 is 56.0 Å². The number of nitrogens with zero attached hydrogens (tertiary/aromatic N) is 3. The van der Waals surface area contributed by atoms with Crippen LogP contribution >= 0.6 is 34.7 Å². The van der Waals surface area contributed by atoms with Crippen LogP contribution in [-0.2, 0) is 4.74 Å². The summed E-state index contributed by atoms with van der Waals surface area (Å²) in [5.41, 5.74) is 1.56. The summed E-state index contributed by atoms with van der Waals surface area (Å²) in [6.45, 7) is 7.13. The summed E-state index contributed by atoms with van der Waals surface area (Å²) < 4.78 is 6.43. The van der Waals surface area contributed by atoms with E-state index in [-0.39, 0.29) is 5.91 Å². The standard InChI is InChI=1S/C23H26ClN3O2S2/c1-2-30-19-6-3-5-17(15-19)22(28)27(10-4-9-26-11-13-29-14-12-26)23-25-20-8-7-18(24)16-21(20)31-23/h3,5-8,15-16H,2,4,9-14H2,1H3. The quantitative estimate of drug-likeness (QED) is 0.406. The molecule has 5 nitrogen and oxygen atoms in total. The summed E-state index contributed by atoms with van der Waals surface area (Å²) >= 11 is 9.42. The van der Waals surface area contributed by atoms with Gasteiger partial charge in [0, 0.05) is 41.7 Å². The zero-order valence-electron chi connectivity index (χ0n) is 17.6. The third-order valence-electron chi connectivity index (χ3n) is 5.17. The molecule has 0 aliphatic carbocycles. The first-order chi connectivity index (χ1) is 15.1. The highest BCUT2D eigenvalue weighted by atomic mass is 35.5. The van der Waals surface area contributed by atoms with E-state index in [1.165, 1.54) is 11.3 Å². The molecule has 0 atom stereocenters. The first-order valence-electron chi connectivity index (χ1n) is 10.5. The van der Waals surface area contributed by atoms with E-state index in [0.29, 0.717) is 17.1 Å². The lowest BCUT2D eigenvalue weighted by Gasteiger charge is -2.27. The lowest BCUT2D eigenvalue weighted by atomic mass is 10.2. The summed E-state index contributed by atoms with van der Waals surface area (Å²) in [4.78, 5) is 23.6. The molecule has 8 heteroatoms. The van der Waals surface area contributed by atoms with Gasteiger partial charge in [0.2, 0.25) is 0 Å². The molecule has 0 N–H and O–H groups in total. The first kappa shape index (κ1) is 22.6. The fourth-order valence-corrected chi connectivity index (χ4v) is 5.59. The largest absolute Gasteiger partial charge is 0.379 e. The highest BCUT2D eigenvalue weighted by molar-refractivity contribution is 7.99. The predicted molar refractivity (Wildman–Crippen MR) is 131 cm³/mol. The van der Waals surface area contributed by atoms with Crippen LogP contribution in [0, 0.1) is 0 Å². The third kappa shape index (κ3) is 5.79. The number of amides is 1. The normalized spacial score (nSPS) is 14.8. The summed E-state index contributed by atoms with van der Waals surface area (Å²) in [6, 6.07) is 13.5. The molecule has 164 valence electrons. The van der Waals surface area contributed by atoms with E-state index >= 15 is 0 Å². The van der Waals surface area contributed by atoms with Crippen molar-refractivity contribution in [2.75, 3.05) is 50.0 Å². The number of carbonyl (C=O) groups is 1. The number of morpholine rings is 1. The lowest BCUT2D eigenvalue weighted by Crippen LogP contribution is -2.39. The maximum Gasteiger partial charge on any atom is 0.260 e. The van der Waals surface area contributed by atoms with Crippen molar-refractivity contribution in [2.24, 2.45) is 0 Å². The van der Waals surface area contributed by atoms with E-state index in [4.69, 9.17) is 21.3 Å². The number of halogens is 1. The van der Waals surface area contributed by atoms with Gasteiger partial charge in [0.1, 0.15) is 0 Å². The molecule has 0 unspecified atom stereocenters. The van der Waals surface area contributed by atoms with Gasteiger partial charge in [0.25, 0.3) is 5.91 Å². The minimum atomic E-state index is -0.00863. The Kier molecular flexibility index (Phi) is 7.85. The van der Waals surface area contributed by atoms with Crippen molar-refractivity contribution in [1.29, 1.82) is 0 Å². The Hall–Kier alpha value is -1.64. The average Bonchev–Trinajstić information content (AvgIpc) is 3.20. The van der Waals surface area contributed by atoms with Gasteiger partial charge in [-0.1, -0.05) is 35.9 Å². The van der Waals surface area contributed by atoms with Crippen molar-refractivity contribution in [1.82, 2.24) is 9.88 Å². The van der Waals surface area contributed by atoms with E-state index in [0.717, 1.165) is 65.3 Å². The summed E-state index contributed by atoms with van der Waals surface area (Å²) in [6.07, 6.45) is 0.881. The molecule has 1 fully saturated rings. The Morgan fingerprint density at radius 1 is 1.26 bits per heavy atom. The summed E-state index contributed by atoms with van der Waals surface area (Å²) in [5.74, 6) is 0.963. The van der Waals surface area contributed by atoms with E-state index in [1.54, 1.807) is 11.8 Å². The van der Waals surface area contributed by atoms with Gasteiger partial charge in [0.05, 0.1) is 23.4 Å². The van der Waals surface area contributed by atoms with Crippen molar-refractivity contribution in [3.8, 4) is 0 Å². The third-order valence-corrected chi connectivity index (χ3v) is 7.32. The second kappa shape index (κ2) is 10.8. The highest BCUT2D eigenvalue weighted by Gasteiger charge is 2.22. The van der Waals surface area contributed by atoms with Crippen molar-refractivity contribution in [2.45, 2.75) is 18.2 Å². The predicted octanol–water partition coefficient (Wildman–Crippen LogP) is 5.43. The number of aromatic nitrogens is 1. The number of fused-ring (bicyclic) bond motifs is 1. The number of thiazole rings is 1. The van der Waals surface area contributed by atoms with Crippen LogP contribution in [0.2, 0.25) is 5.02 Å². The molecule has 4 rings (SSSR count).